The summed E-state index contributed by atoms with van der Waals surface area (Å²) in [4.78, 5) is 4.29. The first kappa shape index (κ1) is 19.4. The van der Waals surface area contributed by atoms with Crippen molar-refractivity contribution in [1.29, 1.82) is 0 Å². The Morgan fingerprint density at radius 2 is 2.04 bits per heavy atom. The smallest absolute Gasteiger partial charge is 0.387 e. The molecular weight excluding hydrogens is 335 g/mol. The van der Waals surface area contributed by atoms with Gasteiger partial charge in [0.05, 0.1) is 18.2 Å². The Labute approximate surface area is 145 Å². The van der Waals surface area contributed by atoms with Gasteiger partial charge in [0.2, 0.25) is 0 Å². The number of halogens is 3. The third-order valence-electron chi connectivity index (χ3n) is 4.07. The van der Waals surface area contributed by atoms with Gasteiger partial charge in [-0.3, -0.25) is 0 Å². The topological polar surface area (TPSA) is 65.9 Å². The zero-order chi connectivity index (χ0) is 18.2. The van der Waals surface area contributed by atoms with Crippen molar-refractivity contribution in [1.82, 2.24) is 10.6 Å². The van der Waals surface area contributed by atoms with Gasteiger partial charge in [-0.15, -0.1) is 0 Å². The van der Waals surface area contributed by atoms with Crippen LogP contribution >= 0.6 is 0 Å². The number of hydrogen-bond acceptors (Lipinski definition) is 3. The van der Waals surface area contributed by atoms with Gasteiger partial charge < -0.3 is 20.5 Å². The van der Waals surface area contributed by atoms with Gasteiger partial charge in [-0.25, -0.2) is 9.38 Å². The SMILES string of the molecule is CCNC(=NCc1c(F)cccc1OC(F)F)NC1CCC(O)CC1. The van der Waals surface area contributed by atoms with Crippen LogP contribution in [0.3, 0.4) is 0 Å². The van der Waals surface area contributed by atoms with Crippen molar-refractivity contribution in [3.63, 3.8) is 0 Å². The largest absolute Gasteiger partial charge is 0.434 e. The van der Waals surface area contributed by atoms with Crippen LogP contribution in [0.2, 0.25) is 0 Å². The van der Waals surface area contributed by atoms with Crippen LogP contribution < -0.4 is 15.4 Å². The van der Waals surface area contributed by atoms with Gasteiger partial charge >= 0.3 is 6.61 Å². The van der Waals surface area contributed by atoms with Gasteiger partial charge in [0.15, 0.2) is 5.96 Å². The van der Waals surface area contributed by atoms with Crippen LogP contribution in [0.1, 0.15) is 38.2 Å². The first-order valence-electron chi connectivity index (χ1n) is 8.44. The summed E-state index contributed by atoms with van der Waals surface area (Å²) in [6.45, 7) is -0.640. The Balaban J connectivity index is 2.08. The third-order valence-corrected chi connectivity index (χ3v) is 4.07. The van der Waals surface area contributed by atoms with Crippen LogP contribution in [0.4, 0.5) is 13.2 Å². The second-order valence-electron chi connectivity index (χ2n) is 5.94. The van der Waals surface area contributed by atoms with Crippen molar-refractivity contribution in [2.24, 2.45) is 4.99 Å². The molecule has 1 aliphatic rings. The minimum Gasteiger partial charge on any atom is -0.434 e. The van der Waals surface area contributed by atoms with E-state index in [0.717, 1.165) is 25.7 Å². The molecule has 0 aliphatic heterocycles. The molecule has 0 radical (unpaired) electrons. The van der Waals surface area contributed by atoms with E-state index in [0.29, 0.717) is 12.5 Å². The maximum absolute atomic E-state index is 14.0. The Kier molecular flexibility index (Phi) is 7.36. The highest BCUT2D eigenvalue weighted by atomic mass is 19.3. The van der Waals surface area contributed by atoms with Crippen LogP contribution in [0, 0.1) is 5.82 Å². The molecule has 1 fully saturated rings. The lowest BCUT2D eigenvalue weighted by Crippen LogP contribution is -2.45. The Hall–Kier alpha value is -1.96. The van der Waals surface area contributed by atoms with Gasteiger partial charge in [0.25, 0.3) is 0 Å². The summed E-state index contributed by atoms with van der Waals surface area (Å²) in [6.07, 6.45) is 2.80. The first-order chi connectivity index (χ1) is 12.0. The summed E-state index contributed by atoms with van der Waals surface area (Å²) in [5.41, 5.74) is -0.0148. The zero-order valence-corrected chi connectivity index (χ0v) is 14.1. The molecule has 1 aromatic carbocycles. The highest BCUT2D eigenvalue weighted by Gasteiger charge is 2.20. The van der Waals surface area contributed by atoms with E-state index in [-0.39, 0.29) is 30.0 Å². The molecule has 1 saturated carbocycles. The molecule has 8 heteroatoms. The molecule has 0 unspecified atom stereocenters. The number of aliphatic imine (C=N–C) groups is 1. The van der Waals surface area contributed by atoms with Crippen LogP contribution in [0.25, 0.3) is 0 Å². The van der Waals surface area contributed by atoms with E-state index >= 15 is 0 Å². The average molecular weight is 359 g/mol. The predicted octanol–water partition coefficient (Wildman–Crippen LogP) is 2.79. The average Bonchev–Trinajstić information content (AvgIpc) is 2.56. The number of benzene rings is 1. The van der Waals surface area contributed by atoms with Gasteiger partial charge in [-0.2, -0.15) is 8.78 Å². The number of guanidine groups is 1. The summed E-state index contributed by atoms with van der Waals surface area (Å²) in [5, 5.41) is 15.9. The normalized spacial score (nSPS) is 21.3. The lowest BCUT2D eigenvalue weighted by Gasteiger charge is -2.27. The molecule has 0 spiro atoms. The van der Waals surface area contributed by atoms with E-state index in [2.05, 4.69) is 20.4 Å². The lowest BCUT2D eigenvalue weighted by molar-refractivity contribution is -0.0506. The van der Waals surface area contributed by atoms with E-state index in [1.54, 1.807) is 0 Å². The van der Waals surface area contributed by atoms with Gasteiger partial charge in [0.1, 0.15) is 11.6 Å². The second kappa shape index (κ2) is 9.50. The van der Waals surface area contributed by atoms with Gasteiger partial charge in [-0.05, 0) is 44.7 Å². The molecule has 25 heavy (non-hydrogen) atoms. The molecule has 140 valence electrons. The van der Waals surface area contributed by atoms with Crippen molar-refractivity contribution in [2.75, 3.05) is 6.54 Å². The van der Waals surface area contributed by atoms with Crippen molar-refractivity contribution >= 4 is 5.96 Å². The second-order valence-corrected chi connectivity index (χ2v) is 5.94. The van der Waals surface area contributed by atoms with Crippen LogP contribution in [-0.4, -0.2) is 36.4 Å². The number of hydrogen-bond donors (Lipinski definition) is 3. The highest BCUT2D eigenvalue weighted by Crippen LogP contribution is 2.24. The Morgan fingerprint density at radius 1 is 1.32 bits per heavy atom. The summed E-state index contributed by atoms with van der Waals surface area (Å²) >= 11 is 0. The Morgan fingerprint density at radius 3 is 2.68 bits per heavy atom. The van der Waals surface area contributed by atoms with Gasteiger partial charge in [-0.1, -0.05) is 6.07 Å². The molecule has 1 aromatic rings. The maximum atomic E-state index is 14.0. The standard InChI is InChI=1S/C17H24F3N3O2/c1-2-21-17(23-11-6-8-12(24)9-7-11)22-10-13-14(18)4-3-5-15(13)25-16(19)20/h3-5,11-12,16,24H,2,6-10H2,1H3,(H2,21,22,23). The number of alkyl halides is 2. The lowest BCUT2D eigenvalue weighted by atomic mass is 9.93. The van der Waals surface area contributed by atoms with Crippen molar-refractivity contribution in [3.05, 3.63) is 29.6 Å². The minimum atomic E-state index is -3.02. The number of aliphatic hydroxyl groups is 1. The maximum Gasteiger partial charge on any atom is 0.387 e. The predicted molar refractivity (Wildman–Crippen MR) is 89.2 cm³/mol. The molecule has 5 nitrogen and oxygen atoms in total. The molecule has 0 heterocycles. The molecule has 0 atom stereocenters. The van der Waals surface area contributed by atoms with E-state index < -0.39 is 12.4 Å². The van der Waals surface area contributed by atoms with Crippen molar-refractivity contribution < 1.29 is 23.0 Å². The van der Waals surface area contributed by atoms with Crippen molar-refractivity contribution in [3.8, 4) is 5.75 Å². The molecular formula is C17H24F3N3O2. The molecule has 0 saturated heterocycles. The van der Waals surface area contributed by atoms with Gasteiger partial charge in [0, 0.05) is 12.6 Å². The van der Waals surface area contributed by atoms with E-state index in [4.69, 9.17) is 0 Å². The summed E-state index contributed by atoms with van der Waals surface area (Å²) in [6, 6.07) is 3.96. The van der Waals surface area contributed by atoms with E-state index in [1.807, 2.05) is 6.92 Å². The van der Waals surface area contributed by atoms with Crippen molar-refractivity contribution in [2.45, 2.75) is 57.9 Å². The monoisotopic (exact) mass is 359 g/mol. The molecule has 0 amide bonds. The Bertz CT molecular complexity index is 576. The highest BCUT2D eigenvalue weighted by molar-refractivity contribution is 5.80. The summed E-state index contributed by atoms with van der Waals surface area (Å²) in [5.74, 6) is -0.371. The molecule has 3 N–H and O–H groups in total. The minimum absolute atomic E-state index is 0.0148. The number of rotatable bonds is 6. The van der Waals surface area contributed by atoms with Crippen LogP contribution in [0.15, 0.2) is 23.2 Å². The van der Waals surface area contributed by atoms with Crippen LogP contribution in [-0.2, 0) is 6.54 Å². The molecule has 1 aliphatic carbocycles. The molecule has 0 aromatic heterocycles. The number of ether oxygens (including phenoxy) is 1. The summed E-state index contributed by atoms with van der Waals surface area (Å²) in [7, 11) is 0. The fourth-order valence-corrected chi connectivity index (χ4v) is 2.79. The number of aliphatic hydroxyl groups excluding tert-OH is 1. The fraction of sp³-hybridized carbons (Fsp3) is 0.588. The third kappa shape index (κ3) is 6.12. The van der Waals surface area contributed by atoms with E-state index in [1.165, 1.54) is 18.2 Å². The fourth-order valence-electron chi connectivity index (χ4n) is 2.79. The first-order valence-corrected chi connectivity index (χ1v) is 8.44. The summed E-state index contributed by atoms with van der Waals surface area (Å²) < 4.78 is 43.3. The molecule has 2 rings (SSSR count). The molecule has 0 bridgehead atoms. The van der Waals surface area contributed by atoms with E-state index in [9.17, 15) is 18.3 Å². The number of nitrogens with one attached hydrogen (secondary N) is 2. The number of nitrogens with zero attached hydrogens (tertiary/aromatic N) is 1. The quantitative estimate of drug-likeness (QED) is 0.540. The zero-order valence-electron chi connectivity index (χ0n) is 14.1. The van der Waals surface area contributed by atoms with Crippen LogP contribution in [0.5, 0.6) is 5.75 Å².